The van der Waals surface area contributed by atoms with Crippen LogP contribution in [0.5, 0.6) is 0 Å². The number of amidine groups is 1. The summed E-state index contributed by atoms with van der Waals surface area (Å²) < 4.78 is 0. The fourth-order valence-corrected chi connectivity index (χ4v) is 2.13. The van der Waals surface area contributed by atoms with E-state index in [1.165, 1.54) is 0 Å². The normalized spacial score (nSPS) is 24.1. The quantitative estimate of drug-likeness (QED) is 0.593. The van der Waals surface area contributed by atoms with Crippen molar-refractivity contribution in [2.45, 2.75) is 20.8 Å². The Bertz CT molecular complexity index is 433. The van der Waals surface area contributed by atoms with Gasteiger partial charge in [0.25, 0.3) is 0 Å². The van der Waals surface area contributed by atoms with Crippen molar-refractivity contribution in [1.29, 1.82) is 5.41 Å². The van der Waals surface area contributed by atoms with Gasteiger partial charge >= 0.3 is 0 Å². The molecular formula is C12H19N5. The number of nitrogens with zero attached hydrogens (tertiary/aromatic N) is 3. The predicted octanol–water partition coefficient (Wildman–Crippen LogP) is 1.16. The van der Waals surface area contributed by atoms with Gasteiger partial charge in [-0.05, 0) is 24.8 Å². The van der Waals surface area contributed by atoms with Crippen LogP contribution in [0.4, 0.5) is 5.95 Å². The van der Waals surface area contributed by atoms with Gasteiger partial charge in [0.15, 0.2) is 0 Å². The van der Waals surface area contributed by atoms with Crippen LogP contribution in [0.1, 0.15) is 25.2 Å². The first kappa shape index (κ1) is 11.8. The summed E-state index contributed by atoms with van der Waals surface area (Å²) in [5, 5.41) is 7.45. The summed E-state index contributed by atoms with van der Waals surface area (Å²) in [4.78, 5) is 11.0. The van der Waals surface area contributed by atoms with Crippen molar-refractivity contribution in [1.82, 2.24) is 9.97 Å². The first-order chi connectivity index (χ1) is 7.97. The zero-order valence-electron chi connectivity index (χ0n) is 10.6. The molecule has 5 heteroatoms. The molecule has 92 valence electrons. The molecule has 0 amide bonds. The second-order valence-corrected chi connectivity index (χ2v) is 4.97. The summed E-state index contributed by atoms with van der Waals surface area (Å²) in [5.41, 5.74) is 6.85. The van der Waals surface area contributed by atoms with E-state index < -0.39 is 0 Å². The van der Waals surface area contributed by atoms with E-state index in [9.17, 15) is 0 Å². The van der Waals surface area contributed by atoms with Crippen molar-refractivity contribution in [3.8, 4) is 0 Å². The van der Waals surface area contributed by atoms with Gasteiger partial charge in [0.05, 0.1) is 0 Å². The van der Waals surface area contributed by atoms with E-state index in [0.717, 1.165) is 18.8 Å². The number of aryl methyl sites for hydroxylation is 1. The molecule has 0 spiro atoms. The number of rotatable bonds is 2. The highest BCUT2D eigenvalue weighted by atomic mass is 15.3. The molecule has 0 bridgehead atoms. The van der Waals surface area contributed by atoms with E-state index in [2.05, 4.69) is 28.7 Å². The van der Waals surface area contributed by atoms with Crippen molar-refractivity contribution in [3.63, 3.8) is 0 Å². The molecule has 0 radical (unpaired) electrons. The molecule has 0 saturated carbocycles. The first-order valence-electron chi connectivity index (χ1n) is 5.92. The minimum atomic E-state index is -0.00274. The predicted molar refractivity (Wildman–Crippen MR) is 68.3 cm³/mol. The summed E-state index contributed by atoms with van der Waals surface area (Å²) in [5.74, 6) is 2.00. The van der Waals surface area contributed by atoms with Gasteiger partial charge in [-0.2, -0.15) is 0 Å². The lowest BCUT2D eigenvalue weighted by Gasteiger charge is -2.17. The molecule has 1 aromatic rings. The largest absolute Gasteiger partial charge is 0.382 e. The number of anilines is 1. The van der Waals surface area contributed by atoms with Crippen LogP contribution in [0.2, 0.25) is 0 Å². The van der Waals surface area contributed by atoms with Crippen molar-refractivity contribution < 1.29 is 0 Å². The fraction of sp³-hybridized carbons (Fsp3) is 0.583. The van der Waals surface area contributed by atoms with Crippen LogP contribution < -0.4 is 10.6 Å². The molecule has 2 rings (SSSR count). The van der Waals surface area contributed by atoms with Crippen LogP contribution >= 0.6 is 0 Å². The second kappa shape index (κ2) is 4.31. The van der Waals surface area contributed by atoms with Crippen molar-refractivity contribution in [2.24, 2.45) is 17.6 Å². The number of nitrogens with one attached hydrogen (secondary N) is 1. The van der Waals surface area contributed by atoms with Gasteiger partial charge in [-0.1, -0.05) is 13.8 Å². The summed E-state index contributed by atoms with van der Waals surface area (Å²) >= 11 is 0. The second-order valence-electron chi connectivity index (χ2n) is 4.97. The molecule has 0 aromatic carbocycles. The van der Waals surface area contributed by atoms with E-state index in [1.807, 2.05) is 6.92 Å². The van der Waals surface area contributed by atoms with Crippen LogP contribution in [0, 0.1) is 24.2 Å². The van der Waals surface area contributed by atoms with Crippen LogP contribution in [0.25, 0.3) is 0 Å². The van der Waals surface area contributed by atoms with E-state index >= 15 is 0 Å². The fourth-order valence-electron chi connectivity index (χ4n) is 2.13. The lowest BCUT2D eigenvalue weighted by atomic mass is 10.0. The van der Waals surface area contributed by atoms with Crippen molar-refractivity contribution >= 4 is 11.8 Å². The molecule has 2 atom stereocenters. The molecule has 1 aromatic heterocycles. The van der Waals surface area contributed by atoms with Crippen LogP contribution in [0.3, 0.4) is 0 Å². The third kappa shape index (κ3) is 2.38. The molecule has 17 heavy (non-hydrogen) atoms. The molecule has 1 fully saturated rings. The highest BCUT2D eigenvalue weighted by Gasteiger charge is 2.28. The van der Waals surface area contributed by atoms with E-state index in [-0.39, 0.29) is 5.84 Å². The standard InChI is InChI=1S/C12H19N5/c1-7-5-17(6-8(7)2)12-15-9(3)4-10(16-12)11(13)14/h4,7-8H,5-6H2,1-3H3,(H3,13,14). The zero-order valence-corrected chi connectivity index (χ0v) is 10.6. The van der Waals surface area contributed by atoms with Gasteiger partial charge in [-0.3, -0.25) is 5.41 Å². The Morgan fingerprint density at radius 3 is 2.47 bits per heavy atom. The number of nitrogens with two attached hydrogens (primary N) is 1. The smallest absolute Gasteiger partial charge is 0.226 e. The monoisotopic (exact) mass is 233 g/mol. The Labute approximate surface area is 102 Å². The molecule has 1 aliphatic rings. The topological polar surface area (TPSA) is 78.9 Å². The lowest BCUT2D eigenvalue weighted by Crippen LogP contribution is -2.24. The van der Waals surface area contributed by atoms with Gasteiger partial charge < -0.3 is 10.6 Å². The van der Waals surface area contributed by atoms with Crippen LogP contribution in [0.15, 0.2) is 6.07 Å². The molecule has 1 saturated heterocycles. The average molecular weight is 233 g/mol. The Morgan fingerprint density at radius 1 is 1.35 bits per heavy atom. The third-order valence-electron chi connectivity index (χ3n) is 3.39. The average Bonchev–Trinajstić information content (AvgIpc) is 2.58. The minimum Gasteiger partial charge on any atom is -0.382 e. The first-order valence-corrected chi connectivity index (χ1v) is 5.92. The lowest BCUT2D eigenvalue weighted by molar-refractivity contribution is 0.494. The summed E-state index contributed by atoms with van der Waals surface area (Å²) in [6.45, 7) is 8.34. The van der Waals surface area contributed by atoms with E-state index in [0.29, 0.717) is 23.5 Å². The maximum atomic E-state index is 7.45. The zero-order chi connectivity index (χ0) is 12.6. The summed E-state index contributed by atoms with van der Waals surface area (Å²) in [6, 6.07) is 1.74. The molecule has 3 N–H and O–H groups in total. The highest BCUT2D eigenvalue weighted by molar-refractivity contribution is 5.93. The highest BCUT2D eigenvalue weighted by Crippen LogP contribution is 2.25. The molecule has 5 nitrogen and oxygen atoms in total. The van der Waals surface area contributed by atoms with Crippen LogP contribution in [-0.4, -0.2) is 28.9 Å². The van der Waals surface area contributed by atoms with Crippen LogP contribution in [-0.2, 0) is 0 Å². The van der Waals surface area contributed by atoms with E-state index in [4.69, 9.17) is 11.1 Å². The Hall–Kier alpha value is -1.65. The number of nitrogen functional groups attached to an aromatic ring is 1. The van der Waals surface area contributed by atoms with Gasteiger partial charge in [0.2, 0.25) is 5.95 Å². The maximum absolute atomic E-state index is 7.45. The summed E-state index contributed by atoms with van der Waals surface area (Å²) in [7, 11) is 0. The van der Waals surface area contributed by atoms with E-state index in [1.54, 1.807) is 6.07 Å². The Morgan fingerprint density at radius 2 is 1.94 bits per heavy atom. The SMILES string of the molecule is Cc1cc(C(=N)N)nc(N2CC(C)C(C)C2)n1. The number of hydrogen-bond donors (Lipinski definition) is 2. The molecular weight excluding hydrogens is 214 g/mol. The minimum absolute atomic E-state index is 0.00274. The van der Waals surface area contributed by atoms with Gasteiger partial charge in [0.1, 0.15) is 11.5 Å². The summed E-state index contributed by atoms with van der Waals surface area (Å²) in [6.07, 6.45) is 0. The van der Waals surface area contributed by atoms with Gasteiger partial charge in [0, 0.05) is 18.8 Å². The third-order valence-corrected chi connectivity index (χ3v) is 3.39. The Balaban J connectivity index is 2.30. The van der Waals surface area contributed by atoms with Crippen molar-refractivity contribution in [2.75, 3.05) is 18.0 Å². The maximum Gasteiger partial charge on any atom is 0.226 e. The number of aromatic nitrogens is 2. The molecule has 2 unspecified atom stereocenters. The van der Waals surface area contributed by atoms with Crippen molar-refractivity contribution in [3.05, 3.63) is 17.5 Å². The van der Waals surface area contributed by atoms with Gasteiger partial charge in [-0.15, -0.1) is 0 Å². The Kier molecular flexibility index (Phi) is 3.00. The molecule has 0 aliphatic carbocycles. The molecule has 2 heterocycles. The number of hydrogen-bond acceptors (Lipinski definition) is 4. The van der Waals surface area contributed by atoms with Gasteiger partial charge in [-0.25, -0.2) is 9.97 Å². The molecule has 1 aliphatic heterocycles.